The van der Waals surface area contributed by atoms with Gasteiger partial charge in [-0.05, 0) is 42.5 Å². The highest BCUT2D eigenvalue weighted by Crippen LogP contribution is 2.28. The van der Waals surface area contributed by atoms with Gasteiger partial charge in [0.2, 0.25) is 0 Å². The van der Waals surface area contributed by atoms with Crippen molar-refractivity contribution in [3.05, 3.63) is 71.4 Å². The minimum Gasteiger partial charge on any atom is -0.478 e. The van der Waals surface area contributed by atoms with Crippen molar-refractivity contribution >= 4 is 34.1 Å². The second-order valence-corrected chi connectivity index (χ2v) is 5.68. The Balaban J connectivity index is 2.07. The highest BCUT2D eigenvalue weighted by molar-refractivity contribution is 6.30. The van der Waals surface area contributed by atoms with Gasteiger partial charge in [0, 0.05) is 16.8 Å². The predicted molar refractivity (Wildman–Crippen MR) is 90.1 cm³/mol. The van der Waals surface area contributed by atoms with Crippen molar-refractivity contribution in [1.29, 1.82) is 0 Å². The summed E-state index contributed by atoms with van der Waals surface area (Å²) in [5, 5.41) is 9.85. The summed E-state index contributed by atoms with van der Waals surface area (Å²) in [7, 11) is 0. The van der Waals surface area contributed by atoms with Gasteiger partial charge in [-0.2, -0.15) is 0 Å². The minimum absolute atomic E-state index is 0.221. The van der Waals surface area contributed by atoms with Gasteiger partial charge in [-0.15, -0.1) is 0 Å². The Labute approximate surface area is 136 Å². The molecule has 0 aliphatic carbocycles. The van der Waals surface area contributed by atoms with E-state index in [9.17, 15) is 9.90 Å². The molecule has 4 aromatic rings. The number of aromatic carboxylic acids is 1. The number of aromatic nitrogens is 2. The van der Waals surface area contributed by atoms with Gasteiger partial charge in [0.25, 0.3) is 0 Å². The molecule has 1 N–H and O–H groups in total. The molecule has 0 radical (unpaired) electrons. The van der Waals surface area contributed by atoms with Crippen LogP contribution in [0.1, 0.15) is 10.4 Å². The van der Waals surface area contributed by atoms with Crippen LogP contribution in [0.5, 0.6) is 0 Å². The van der Waals surface area contributed by atoms with Crippen LogP contribution in [0.25, 0.3) is 27.8 Å². The van der Waals surface area contributed by atoms with Crippen LogP contribution in [0.2, 0.25) is 5.02 Å². The molecule has 5 heteroatoms. The molecule has 0 spiro atoms. The van der Waals surface area contributed by atoms with E-state index in [1.165, 1.54) is 0 Å². The Morgan fingerprint density at radius 2 is 1.83 bits per heavy atom. The molecular weight excluding hydrogens is 312 g/mol. The van der Waals surface area contributed by atoms with Crippen molar-refractivity contribution in [3.8, 4) is 11.3 Å². The van der Waals surface area contributed by atoms with Gasteiger partial charge in [0.05, 0.1) is 27.8 Å². The first kappa shape index (κ1) is 13.8. The van der Waals surface area contributed by atoms with Crippen LogP contribution in [-0.2, 0) is 0 Å². The van der Waals surface area contributed by atoms with Crippen molar-refractivity contribution in [2.24, 2.45) is 0 Å². The van der Waals surface area contributed by atoms with Crippen LogP contribution in [-0.4, -0.2) is 20.5 Å². The van der Waals surface area contributed by atoms with E-state index < -0.39 is 5.97 Å². The van der Waals surface area contributed by atoms with E-state index in [0.29, 0.717) is 10.5 Å². The fourth-order valence-corrected chi connectivity index (χ4v) is 2.86. The molecule has 0 amide bonds. The number of fused-ring (bicyclic) bond motifs is 3. The van der Waals surface area contributed by atoms with Gasteiger partial charge in [-0.25, -0.2) is 9.78 Å². The maximum atomic E-state index is 11.2. The predicted octanol–water partition coefficient (Wildman–Crippen LogP) is 4.51. The molecule has 4 nitrogen and oxygen atoms in total. The lowest BCUT2D eigenvalue weighted by Crippen LogP contribution is -1.99. The molecule has 0 saturated heterocycles. The molecule has 4 rings (SSSR count). The Hall–Kier alpha value is -2.85. The molecule has 0 atom stereocenters. The number of carboxylic acids is 1. The number of carbonyl (C=O) groups is 1. The maximum absolute atomic E-state index is 11.2. The lowest BCUT2D eigenvalue weighted by atomic mass is 10.1. The van der Waals surface area contributed by atoms with Crippen molar-refractivity contribution in [1.82, 2.24) is 9.38 Å². The summed E-state index contributed by atoms with van der Waals surface area (Å²) in [5.41, 5.74) is 4.41. The van der Waals surface area contributed by atoms with Gasteiger partial charge >= 0.3 is 5.97 Å². The van der Waals surface area contributed by atoms with Crippen LogP contribution in [0.3, 0.4) is 0 Å². The highest BCUT2D eigenvalue weighted by Gasteiger charge is 2.12. The largest absolute Gasteiger partial charge is 0.478 e. The molecule has 2 aromatic carbocycles. The Kier molecular flexibility index (Phi) is 3.06. The molecule has 112 valence electrons. The number of hydrogen-bond donors (Lipinski definition) is 1. The summed E-state index contributed by atoms with van der Waals surface area (Å²) in [6, 6.07) is 16.3. The van der Waals surface area contributed by atoms with Crippen LogP contribution in [0.15, 0.2) is 60.8 Å². The topological polar surface area (TPSA) is 54.6 Å². The fourth-order valence-electron chi connectivity index (χ4n) is 2.73. The number of halogens is 1. The molecule has 0 fully saturated rings. The summed E-state index contributed by atoms with van der Waals surface area (Å²) in [6.07, 6.45) is 1.94. The number of carboxylic acid groups (broad SMARTS) is 1. The van der Waals surface area contributed by atoms with Crippen LogP contribution in [0, 0.1) is 0 Å². The standard InChI is InChI=1S/C18H11ClN2O2/c19-13-6-3-11(4-7-13)17-16-2-1-9-21(16)15-8-5-12(18(22)23)10-14(15)20-17/h1-10H,(H,22,23). The van der Waals surface area contributed by atoms with Gasteiger partial charge in [-0.1, -0.05) is 23.7 Å². The zero-order valence-electron chi connectivity index (χ0n) is 11.9. The van der Waals surface area contributed by atoms with Gasteiger partial charge in [0.15, 0.2) is 0 Å². The van der Waals surface area contributed by atoms with Crippen molar-refractivity contribution in [2.75, 3.05) is 0 Å². The first-order chi connectivity index (χ1) is 11.1. The first-order valence-electron chi connectivity index (χ1n) is 7.03. The summed E-state index contributed by atoms with van der Waals surface area (Å²) in [4.78, 5) is 15.9. The molecule has 0 aliphatic heterocycles. The minimum atomic E-state index is -0.964. The van der Waals surface area contributed by atoms with E-state index in [-0.39, 0.29) is 5.56 Å². The molecule has 0 saturated carbocycles. The zero-order valence-corrected chi connectivity index (χ0v) is 12.7. The van der Waals surface area contributed by atoms with E-state index in [4.69, 9.17) is 16.6 Å². The van der Waals surface area contributed by atoms with Crippen LogP contribution in [0.4, 0.5) is 0 Å². The lowest BCUT2D eigenvalue weighted by Gasteiger charge is -2.09. The van der Waals surface area contributed by atoms with Crippen molar-refractivity contribution in [2.45, 2.75) is 0 Å². The second-order valence-electron chi connectivity index (χ2n) is 5.24. The maximum Gasteiger partial charge on any atom is 0.335 e. The number of rotatable bonds is 2. The highest BCUT2D eigenvalue weighted by atomic mass is 35.5. The van der Waals surface area contributed by atoms with E-state index >= 15 is 0 Å². The Morgan fingerprint density at radius 3 is 2.57 bits per heavy atom. The zero-order chi connectivity index (χ0) is 16.0. The molecule has 0 bridgehead atoms. The second kappa shape index (κ2) is 5.11. The Morgan fingerprint density at radius 1 is 1.04 bits per heavy atom. The lowest BCUT2D eigenvalue weighted by molar-refractivity contribution is 0.0697. The van der Waals surface area contributed by atoms with Gasteiger partial charge in [0.1, 0.15) is 0 Å². The molecule has 2 heterocycles. The summed E-state index contributed by atoms with van der Waals surface area (Å²) in [5.74, 6) is -0.964. The van der Waals surface area contributed by atoms with Crippen LogP contribution >= 0.6 is 11.6 Å². The molecule has 0 unspecified atom stereocenters. The average Bonchev–Trinajstić information content (AvgIpc) is 3.04. The molecule has 2 aromatic heterocycles. The molecule has 0 aliphatic rings. The van der Waals surface area contributed by atoms with E-state index in [0.717, 1.165) is 22.3 Å². The summed E-state index contributed by atoms with van der Waals surface area (Å²) >= 11 is 5.96. The quantitative estimate of drug-likeness (QED) is 0.591. The average molecular weight is 323 g/mol. The first-order valence-corrected chi connectivity index (χ1v) is 7.41. The number of hydrogen-bond acceptors (Lipinski definition) is 2. The van der Waals surface area contributed by atoms with E-state index in [1.807, 2.05) is 47.0 Å². The smallest absolute Gasteiger partial charge is 0.335 e. The van der Waals surface area contributed by atoms with Crippen molar-refractivity contribution in [3.63, 3.8) is 0 Å². The van der Waals surface area contributed by atoms with Gasteiger partial charge < -0.3 is 9.51 Å². The number of nitrogens with zero attached hydrogens (tertiary/aromatic N) is 2. The van der Waals surface area contributed by atoms with Crippen molar-refractivity contribution < 1.29 is 9.90 Å². The monoisotopic (exact) mass is 322 g/mol. The Bertz CT molecular complexity index is 1050. The van der Waals surface area contributed by atoms with Crippen LogP contribution < -0.4 is 0 Å². The SMILES string of the molecule is O=C(O)c1ccc2c(c1)nc(-c1ccc(Cl)cc1)c1cccn12. The fraction of sp³-hybridized carbons (Fsp3) is 0. The summed E-state index contributed by atoms with van der Waals surface area (Å²) < 4.78 is 2.01. The summed E-state index contributed by atoms with van der Waals surface area (Å²) in [6.45, 7) is 0. The van der Waals surface area contributed by atoms with E-state index in [2.05, 4.69) is 0 Å². The van der Waals surface area contributed by atoms with Gasteiger partial charge in [-0.3, -0.25) is 0 Å². The van der Waals surface area contributed by atoms with E-state index in [1.54, 1.807) is 18.2 Å². The normalized spacial score (nSPS) is 11.2. The third kappa shape index (κ3) is 2.24. The molecular formula is C18H11ClN2O2. The third-order valence-electron chi connectivity index (χ3n) is 3.82. The molecule has 23 heavy (non-hydrogen) atoms. The number of benzene rings is 2. The third-order valence-corrected chi connectivity index (χ3v) is 4.08.